The third kappa shape index (κ3) is 2.64. The molecule has 0 saturated heterocycles. The molecular weight excluding hydrogens is 280 g/mol. The van der Waals surface area contributed by atoms with Crippen molar-refractivity contribution in [3.05, 3.63) is 72.1 Å². The maximum atomic E-state index is 12.2. The Bertz CT molecular complexity index is 874. The van der Waals surface area contributed by atoms with Crippen LogP contribution in [-0.2, 0) is 0 Å². The van der Waals surface area contributed by atoms with Crippen molar-refractivity contribution < 1.29 is 14.7 Å². The van der Waals surface area contributed by atoms with Gasteiger partial charge in [-0.1, -0.05) is 30.3 Å². The van der Waals surface area contributed by atoms with Crippen molar-refractivity contribution in [2.45, 2.75) is 0 Å². The number of carbonyl (C=O) groups is 2. The molecule has 0 fully saturated rings. The average molecular weight is 292 g/mol. The molecule has 0 spiro atoms. The van der Waals surface area contributed by atoms with Crippen LogP contribution in [0.1, 0.15) is 20.8 Å². The fourth-order valence-electron chi connectivity index (χ4n) is 2.22. The summed E-state index contributed by atoms with van der Waals surface area (Å²) >= 11 is 0. The van der Waals surface area contributed by atoms with E-state index < -0.39 is 11.9 Å². The second-order valence-corrected chi connectivity index (χ2v) is 4.72. The molecule has 0 aliphatic rings. The van der Waals surface area contributed by atoms with Gasteiger partial charge in [-0.2, -0.15) is 0 Å². The maximum absolute atomic E-state index is 12.2. The highest BCUT2D eigenvalue weighted by atomic mass is 16.4. The Kier molecular flexibility index (Phi) is 3.53. The second-order valence-electron chi connectivity index (χ2n) is 4.72. The lowest BCUT2D eigenvalue weighted by molar-refractivity contribution is 0.0691. The summed E-state index contributed by atoms with van der Waals surface area (Å²) in [6.45, 7) is 0. The van der Waals surface area contributed by atoms with E-state index in [0.717, 1.165) is 10.8 Å². The summed E-state index contributed by atoms with van der Waals surface area (Å²) in [4.78, 5) is 27.2. The number of benzene rings is 2. The number of carboxylic acid groups (broad SMARTS) is 1. The number of aromatic carboxylic acids is 1. The number of hydrogen-bond acceptors (Lipinski definition) is 3. The largest absolute Gasteiger partial charge is 0.478 e. The quantitative estimate of drug-likeness (QED) is 0.777. The molecule has 0 aliphatic carbocycles. The van der Waals surface area contributed by atoms with Crippen LogP contribution in [0.15, 0.2) is 60.8 Å². The van der Waals surface area contributed by atoms with Crippen LogP contribution < -0.4 is 5.32 Å². The van der Waals surface area contributed by atoms with E-state index in [1.54, 1.807) is 6.07 Å². The van der Waals surface area contributed by atoms with Gasteiger partial charge < -0.3 is 10.4 Å². The van der Waals surface area contributed by atoms with Crippen LogP contribution in [0.2, 0.25) is 0 Å². The number of nitrogens with zero attached hydrogens (tertiary/aromatic N) is 1. The molecule has 3 rings (SSSR count). The normalized spacial score (nSPS) is 10.4. The number of fused-ring (bicyclic) bond motifs is 1. The third-order valence-electron chi connectivity index (χ3n) is 3.26. The Morgan fingerprint density at radius 3 is 2.50 bits per heavy atom. The Morgan fingerprint density at radius 2 is 1.73 bits per heavy atom. The summed E-state index contributed by atoms with van der Waals surface area (Å²) in [6, 6.07) is 16.1. The molecule has 3 aromatic rings. The number of pyridine rings is 1. The fraction of sp³-hybridized carbons (Fsp3) is 0. The number of rotatable bonds is 3. The van der Waals surface area contributed by atoms with Gasteiger partial charge in [0, 0.05) is 11.9 Å². The van der Waals surface area contributed by atoms with Crippen LogP contribution in [0.25, 0.3) is 10.8 Å². The van der Waals surface area contributed by atoms with Crippen molar-refractivity contribution in [1.29, 1.82) is 0 Å². The number of hydrogen-bond donors (Lipinski definition) is 2. The summed E-state index contributed by atoms with van der Waals surface area (Å²) in [5.74, 6) is -1.73. The average Bonchev–Trinajstić information content (AvgIpc) is 2.54. The molecular formula is C17H12N2O3. The number of aromatic nitrogens is 1. The van der Waals surface area contributed by atoms with Gasteiger partial charge in [0.2, 0.25) is 0 Å². The van der Waals surface area contributed by atoms with Crippen molar-refractivity contribution in [1.82, 2.24) is 4.98 Å². The lowest BCUT2D eigenvalue weighted by atomic mass is 10.1. The zero-order valence-corrected chi connectivity index (χ0v) is 11.5. The van der Waals surface area contributed by atoms with Crippen molar-refractivity contribution >= 4 is 28.3 Å². The first kappa shape index (κ1) is 13.8. The molecule has 5 nitrogen and oxygen atoms in total. The highest BCUT2D eigenvalue weighted by molar-refractivity contribution is 6.09. The van der Waals surface area contributed by atoms with Gasteiger partial charge in [0.05, 0.1) is 5.56 Å². The first-order valence-electron chi connectivity index (χ1n) is 6.63. The molecule has 0 radical (unpaired) electrons. The molecule has 0 bridgehead atoms. The van der Waals surface area contributed by atoms with Gasteiger partial charge in [-0.05, 0) is 35.0 Å². The number of amides is 1. The molecule has 1 amide bonds. The van der Waals surface area contributed by atoms with Crippen LogP contribution in [0.4, 0.5) is 5.69 Å². The van der Waals surface area contributed by atoms with Crippen LogP contribution in [0.5, 0.6) is 0 Å². The first-order chi connectivity index (χ1) is 10.6. The van der Waals surface area contributed by atoms with Crippen LogP contribution >= 0.6 is 0 Å². The van der Waals surface area contributed by atoms with E-state index in [1.807, 2.05) is 36.4 Å². The lowest BCUT2D eigenvalue weighted by Gasteiger charge is -2.08. The molecule has 0 saturated carbocycles. The van der Waals surface area contributed by atoms with Crippen molar-refractivity contribution in [3.8, 4) is 0 Å². The predicted octanol–water partition coefficient (Wildman–Crippen LogP) is 3.19. The van der Waals surface area contributed by atoms with Crippen molar-refractivity contribution in [2.24, 2.45) is 0 Å². The summed E-state index contributed by atoms with van der Waals surface area (Å²) in [5, 5.41) is 13.8. The van der Waals surface area contributed by atoms with E-state index in [2.05, 4.69) is 10.3 Å². The van der Waals surface area contributed by atoms with Crippen LogP contribution in [0, 0.1) is 0 Å². The van der Waals surface area contributed by atoms with Gasteiger partial charge in [0.15, 0.2) is 0 Å². The standard InChI is InChI=1S/C17H12N2O3/c20-16(15-14(17(21)22)6-3-9-18-15)19-13-8-7-11-4-1-2-5-12(11)10-13/h1-10H,(H,19,20)(H,21,22). The second kappa shape index (κ2) is 5.65. The molecule has 5 heteroatoms. The Labute approximate surface area is 126 Å². The summed E-state index contributed by atoms with van der Waals surface area (Å²) in [5.41, 5.74) is 0.356. The summed E-state index contributed by atoms with van der Waals surface area (Å²) in [6.07, 6.45) is 1.39. The number of carbonyl (C=O) groups excluding carboxylic acids is 1. The molecule has 0 unspecified atom stereocenters. The minimum Gasteiger partial charge on any atom is -0.478 e. The van der Waals surface area contributed by atoms with E-state index in [0.29, 0.717) is 5.69 Å². The van der Waals surface area contributed by atoms with E-state index in [9.17, 15) is 9.59 Å². The molecule has 1 aromatic heterocycles. The Balaban J connectivity index is 1.91. The molecule has 2 aromatic carbocycles. The molecule has 0 atom stereocenters. The van der Waals surface area contributed by atoms with Gasteiger partial charge in [0.25, 0.3) is 5.91 Å². The zero-order valence-electron chi connectivity index (χ0n) is 11.5. The van der Waals surface area contributed by atoms with Gasteiger partial charge in [-0.3, -0.25) is 9.78 Å². The molecule has 0 aliphatic heterocycles. The van der Waals surface area contributed by atoms with Gasteiger partial charge >= 0.3 is 5.97 Å². The van der Waals surface area contributed by atoms with E-state index in [-0.39, 0.29) is 11.3 Å². The lowest BCUT2D eigenvalue weighted by Crippen LogP contribution is -2.18. The number of nitrogens with one attached hydrogen (secondary N) is 1. The third-order valence-corrected chi connectivity index (χ3v) is 3.26. The predicted molar refractivity (Wildman–Crippen MR) is 83.1 cm³/mol. The van der Waals surface area contributed by atoms with E-state index in [4.69, 9.17) is 5.11 Å². The van der Waals surface area contributed by atoms with Gasteiger partial charge in [0.1, 0.15) is 5.69 Å². The monoisotopic (exact) mass is 292 g/mol. The Morgan fingerprint density at radius 1 is 0.955 bits per heavy atom. The van der Waals surface area contributed by atoms with Crippen LogP contribution in [-0.4, -0.2) is 22.0 Å². The van der Waals surface area contributed by atoms with Gasteiger partial charge in [-0.15, -0.1) is 0 Å². The highest BCUT2D eigenvalue weighted by Crippen LogP contribution is 2.19. The Hall–Kier alpha value is -3.21. The highest BCUT2D eigenvalue weighted by Gasteiger charge is 2.17. The summed E-state index contributed by atoms with van der Waals surface area (Å²) < 4.78 is 0. The molecule has 22 heavy (non-hydrogen) atoms. The number of anilines is 1. The zero-order chi connectivity index (χ0) is 15.5. The fourth-order valence-corrected chi connectivity index (χ4v) is 2.22. The molecule has 1 heterocycles. The first-order valence-corrected chi connectivity index (χ1v) is 6.63. The smallest absolute Gasteiger partial charge is 0.338 e. The van der Waals surface area contributed by atoms with E-state index in [1.165, 1.54) is 18.3 Å². The molecule has 2 N–H and O–H groups in total. The minimum absolute atomic E-state index is 0.108. The maximum Gasteiger partial charge on any atom is 0.338 e. The minimum atomic E-state index is -1.18. The van der Waals surface area contributed by atoms with Crippen LogP contribution in [0.3, 0.4) is 0 Å². The summed E-state index contributed by atoms with van der Waals surface area (Å²) in [7, 11) is 0. The van der Waals surface area contributed by atoms with E-state index >= 15 is 0 Å². The molecule has 108 valence electrons. The topological polar surface area (TPSA) is 79.3 Å². The SMILES string of the molecule is O=C(O)c1cccnc1C(=O)Nc1ccc2ccccc2c1. The van der Waals surface area contributed by atoms with Gasteiger partial charge in [-0.25, -0.2) is 4.79 Å². The van der Waals surface area contributed by atoms with Crippen molar-refractivity contribution in [2.75, 3.05) is 5.32 Å². The number of carboxylic acids is 1. The van der Waals surface area contributed by atoms with Crippen molar-refractivity contribution in [3.63, 3.8) is 0 Å².